The van der Waals surface area contributed by atoms with Crippen molar-refractivity contribution >= 4 is 0 Å². The largest absolute Gasteiger partial charge is 0.394 e. The van der Waals surface area contributed by atoms with Crippen molar-refractivity contribution in [3.63, 3.8) is 0 Å². The Morgan fingerprint density at radius 1 is 1.29 bits per heavy atom. The molecule has 0 unspecified atom stereocenters. The molecule has 1 N–H and O–H groups in total. The predicted molar refractivity (Wildman–Crippen MR) is 64.6 cm³/mol. The van der Waals surface area contributed by atoms with Crippen LogP contribution in [0.1, 0.15) is 17.7 Å². The van der Waals surface area contributed by atoms with Crippen LogP contribution >= 0.6 is 0 Å². The number of fused-ring (bicyclic) bond motifs is 1. The van der Waals surface area contributed by atoms with E-state index in [9.17, 15) is 0 Å². The van der Waals surface area contributed by atoms with Crippen LogP contribution in [0.25, 0.3) is 11.4 Å². The maximum absolute atomic E-state index is 9.05. The van der Waals surface area contributed by atoms with Crippen molar-refractivity contribution in [2.24, 2.45) is 0 Å². The van der Waals surface area contributed by atoms with E-state index in [-0.39, 0.29) is 6.61 Å². The van der Waals surface area contributed by atoms with E-state index < -0.39 is 0 Å². The van der Waals surface area contributed by atoms with Crippen LogP contribution in [0.5, 0.6) is 0 Å². The number of hydrogen-bond donors (Lipinski definition) is 1. The second kappa shape index (κ2) is 4.30. The highest BCUT2D eigenvalue weighted by Crippen LogP contribution is 2.30. The van der Waals surface area contributed by atoms with Gasteiger partial charge in [0.1, 0.15) is 5.69 Å². The number of aromatic nitrogens is 3. The van der Waals surface area contributed by atoms with Crippen LogP contribution in [0.15, 0.2) is 24.4 Å². The van der Waals surface area contributed by atoms with Gasteiger partial charge in [0.15, 0.2) is 0 Å². The topological polar surface area (TPSA) is 50.9 Å². The molecule has 0 spiro atoms. The minimum absolute atomic E-state index is 0.135. The van der Waals surface area contributed by atoms with Gasteiger partial charge in [-0.2, -0.15) is 5.10 Å². The predicted octanol–water partition coefficient (Wildman–Crippen LogP) is 1.43. The van der Waals surface area contributed by atoms with Crippen LogP contribution in [0.4, 0.5) is 0 Å². The molecule has 0 aromatic carbocycles. The molecule has 0 saturated carbocycles. The molecule has 0 radical (unpaired) electrons. The summed E-state index contributed by atoms with van der Waals surface area (Å²) in [5, 5.41) is 13.6. The number of aliphatic hydroxyl groups excluding tert-OH is 1. The molecular weight excluding hydrogens is 214 g/mol. The first-order valence-electron chi connectivity index (χ1n) is 6.01. The van der Waals surface area contributed by atoms with Gasteiger partial charge in [-0.05, 0) is 31.4 Å². The minimum atomic E-state index is 0.135. The Morgan fingerprint density at radius 2 is 2.24 bits per heavy atom. The van der Waals surface area contributed by atoms with Crippen molar-refractivity contribution in [2.75, 3.05) is 6.61 Å². The van der Waals surface area contributed by atoms with Crippen LogP contribution in [0, 0.1) is 0 Å². The molecule has 17 heavy (non-hydrogen) atoms. The van der Waals surface area contributed by atoms with Crippen LogP contribution < -0.4 is 0 Å². The molecule has 0 amide bonds. The summed E-state index contributed by atoms with van der Waals surface area (Å²) in [6.45, 7) is 0.713. The first-order valence-corrected chi connectivity index (χ1v) is 6.01. The van der Waals surface area contributed by atoms with Gasteiger partial charge in [0, 0.05) is 17.5 Å². The molecule has 88 valence electrons. The number of aliphatic hydroxyl groups is 1. The second-order valence-electron chi connectivity index (χ2n) is 4.29. The zero-order valence-corrected chi connectivity index (χ0v) is 9.63. The molecule has 1 aliphatic rings. The van der Waals surface area contributed by atoms with Gasteiger partial charge in [-0.25, -0.2) is 0 Å². The number of rotatable bonds is 3. The maximum Gasteiger partial charge on any atom is 0.114 e. The summed E-state index contributed by atoms with van der Waals surface area (Å²) in [6.07, 6.45) is 5.11. The van der Waals surface area contributed by atoms with E-state index >= 15 is 0 Å². The van der Waals surface area contributed by atoms with Gasteiger partial charge < -0.3 is 5.11 Å². The monoisotopic (exact) mass is 229 g/mol. The number of pyridine rings is 1. The van der Waals surface area contributed by atoms with Gasteiger partial charge in [-0.3, -0.25) is 9.67 Å². The van der Waals surface area contributed by atoms with Crippen molar-refractivity contribution in [3.8, 4) is 11.4 Å². The van der Waals surface area contributed by atoms with E-state index in [1.165, 1.54) is 17.7 Å². The Bertz CT molecular complexity index is 519. The highest BCUT2D eigenvalue weighted by Gasteiger charge is 2.23. The van der Waals surface area contributed by atoms with E-state index in [4.69, 9.17) is 5.11 Å². The first-order chi connectivity index (χ1) is 8.40. The van der Waals surface area contributed by atoms with Gasteiger partial charge in [0.05, 0.1) is 18.8 Å². The average molecular weight is 229 g/mol. The van der Waals surface area contributed by atoms with Gasteiger partial charge in [-0.1, -0.05) is 6.07 Å². The summed E-state index contributed by atoms with van der Waals surface area (Å²) in [6, 6.07) is 5.88. The van der Waals surface area contributed by atoms with E-state index in [2.05, 4.69) is 10.1 Å². The molecule has 0 aliphatic heterocycles. The van der Waals surface area contributed by atoms with Crippen molar-refractivity contribution in [1.82, 2.24) is 14.8 Å². The Balaban J connectivity index is 2.09. The van der Waals surface area contributed by atoms with Crippen LogP contribution in [-0.4, -0.2) is 26.5 Å². The molecule has 3 rings (SSSR count). The second-order valence-corrected chi connectivity index (χ2v) is 4.29. The summed E-state index contributed by atoms with van der Waals surface area (Å²) in [5.74, 6) is 0. The fourth-order valence-corrected chi connectivity index (χ4v) is 2.50. The normalized spacial score (nSPS) is 13.9. The minimum Gasteiger partial charge on any atom is -0.394 e. The lowest BCUT2D eigenvalue weighted by atomic mass is 10.1. The lowest BCUT2D eigenvalue weighted by Gasteiger charge is -2.01. The van der Waals surface area contributed by atoms with Crippen LogP contribution in [0.3, 0.4) is 0 Å². The maximum atomic E-state index is 9.05. The van der Waals surface area contributed by atoms with Gasteiger partial charge >= 0.3 is 0 Å². The Morgan fingerprint density at radius 3 is 3.00 bits per heavy atom. The SMILES string of the molecule is OCCn1nc(-c2ccccn2)c2c1CCC2. The zero-order chi connectivity index (χ0) is 11.7. The zero-order valence-electron chi connectivity index (χ0n) is 9.63. The highest BCUT2D eigenvalue weighted by molar-refractivity contribution is 5.61. The summed E-state index contributed by atoms with van der Waals surface area (Å²) >= 11 is 0. The molecular formula is C13H15N3O. The molecule has 4 heteroatoms. The summed E-state index contributed by atoms with van der Waals surface area (Å²) in [7, 11) is 0. The Labute approximate surface area is 99.9 Å². The van der Waals surface area contributed by atoms with E-state index in [1.54, 1.807) is 6.20 Å². The van der Waals surface area contributed by atoms with E-state index in [0.717, 1.165) is 24.2 Å². The third-order valence-electron chi connectivity index (χ3n) is 3.23. The molecule has 0 fully saturated rings. The van der Waals surface area contributed by atoms with Crippen molar-refractivity contribution in [2.45, 2.75) is 25.8 Å². The third kappa shape index (κ3) is 1.74. The van der Waals surface area contributed by atoms with Gasteiger partial charge in [0.2, 0.25) is 0 Å². The summed E-state index contributed by atoms with van der Waals surface area (Å²) in [5.41, 5.74) is 4.52. The molecule has 0 bridgehead atoms. The van der Waals surface area contributed by atoms with Crippen LogP contribution in [0.2, 0.25) is 0 Å². The molecule has 0 saturated heterocycles. The fraction of sp³-hybridized carbons (Fsp3) is 0.385. The van der Waals surface area contributed by atoms with Crippen molar-refractivity contribution in [1.29, 1.82) is 0 Å². The van der Waals surface area contributed by atoms with E-state index in [1.807, 2.05) is 22.9 Å². The summed E-state index contributed by atoms with van der Waals surface area (Å²) < 4.78 is 1.94. The van der Waals surface area contributed by atoms with Crippen molar-refractivity contribution < 1.29 is 5.11 Å². The van der Waals surface area contributed by atoms with Gasteiger partial charge in [0.25, 0.3) is 0 Å². The lowest BCUT2D eigenvalue weighted by molar-refractivity contribution is 0.267. The van der Waals surface area contributed by atoms with E-state index in [0.29, 0.717) is 6.54 Å². The highest BCUT2D eigenvalue weighted by atomic mass is 16.3. The smallest absolute Gasteiger partial charge is 0.114 e. The molecule has 1 aliphatic carbocycles. The molecule has 2 aromatic rings. The molecule has 2 heterocycles. The quantitative estimate of drug-likeness (QED) is 0.866. The van der Waals surface area contributed by atoms with Crippen molar-refractivity contribution in [3.05, 3.63) is 35.7 Å². The number of hydrogen-bond acceptors (Lipinski definition) is 3. The Kier molecular flexibility index (Phi) is 2.65. The molecule has 4 nitrogen and oxygen atoms in total. The average Bonchev–Trinajstić information content (AvgIpc) is 2.94. The summed E-state index contributed by atoms with van der Waals surface area (Å²) in [4.78, 5) is 4.36. The number of nitrogens with zero attached hydrogens (tertiary/aromatic N) is 3. The first kappa shape index (κ1) is 10.5. The molecule has 2 aromatic heterocycles. The third-order valence-corrected chi connectivity index (χ3v) is 3.23. The molecule has 0 atom stereocenters. The van der Waals surface area contributed by atoms with Crippen LogP contribution in [-0.2, 0) is 19.4 Å². The fourth-order valence-electron chi connectivity index (χ4n) is 2.50. The lowest BCUT2D eigenvalue weighted by Crippen LogP contribution is -2.07. The van der Waals surface area contributed by atoms with Gasteiger partial charge in [-0.15, -0.1) is 0 Å². The Hall–Kier alpha value is -1.68. The standard InChI is InChI=1S/C13H15N3O/c17-9-8-16-12-6-3-4-10(12)13(15-16)11-5-1-2-7-14-11/h1-2,5,7,17H,3-4,6,8-9H2.